The molecule has 0 saturated carbocycles. The summed E-state index contributed by atoms with van der Waals surface area (Å²) in [5.74, 6) is -0.869. The van der Waals surface area contributed by atoms with Gasteiger partial charge in [-0.2, -0.15) is 13.2 Å². The minimum Gasteiger partial charge on any atom is -0.504 e. The largest absolute Gasteiger partial charge is 0.504 e. The van der Waals surface area contributed by atoms with Crippen LogP contribution in [0.15, 0.2) is 12.1 Å². The van der Waals surface area contributed by atoms with Crippen molar-refractivity contribution in [3.8, 4) is 11.5 Å². The lowest BCUT2D eigenvalue weighted by atomic mass is 9.90. The van der Waals surface area contributed by atoms with Crippen LogP contribution in [0.1, 0.15) is 29.9 Å². The number of alkyl halides is 3. The Morgan fingerprint density at radius 1 is 1.37 bits per heavy atom. The topological polar surface area (TPSA) is 41.5 Å². The van der Waals surface area contributed by atoms with E-state index in [2.05, 4.69) is 5.32 Å². The fourth-order valence-electron chi connectivity index (χ4n) is 2.46. The second-order valence-corrected chi connectivity index (χ2v) is 4.63. The van der Waals surface area contributed by atoms with E-state index < -0.39 is 23.2 Å². The van der Waals surface area contributed by atoms with Crippen molar-refractivity contribution in [2.45, 2.75) is 24.9 Å². The minimum atomic E-state index is -4.54. The third kappa shape index (κ3) is 2.78. The fourth-order valence-corrected chi connectivity index (χ4v) is 2.46. The number of aromatic hydroxyl groups is 1. The first-order valence-corrected chi connectivity index (χ1v) is 6.13. The normalized spacial score (nSPS) is 20.3. The number of halogens is 3. The van der Waals surface area contributed by atoms with Crippen LogP contribution in [0.5, 0.6) is 11.5 Å². The van der Waals surface area contributed by atoms with Crippen molar-refractivity contribution in [2.24, 2.45) is 0 Å². The summed E-state index contributed by atoms with van der Waals surface area (Å²) in [5.41, 5.74) is -0.433. The highest BCUT2D eigenvalue weighted by atomic mass is 19.4. The van der Waals surface area contributed by atoms with Crippen LogP contribution in [0, 0.1) is 0 Å². The Morgan fingerprint density at radius 3 is 2.63 bits per heavy atom. The SMILES string of the molecule is COc1c(C(F)(F)F)ccc(C2CCCNC2)c1O. The Morgan fingerprint density at radius 2 is 2.11 bits per heavy atom. The first-order chi connectivity index (χ1) is 8.95. The number of phenolic OH excluding ortho intramolecular Hbond substituents is 1. The Bertz CT molecular complexity index is 454. The summed E-state index contributed by atoms with van der Waals surface area (Å²) in [6.07, 6.45) is -2.76. The second kappa shape index (κ2) is 5.28. The van der Waals surface area contributed by atoms with E-state index >= 15 is 0 Å². The second-order valence-electron chi connectivity index (χ2n) is 4.63. The molecule has 1 unspecified atom stereocenters. The molecule has 6 heteroatoms. The van der Waals surface area contributed by atoms with Crippen LogP contribution in [-0.2, 0) is 6.18 Å². The van der Waals surface area contributed by atoms with Crippen LogP contribution in [0.25, 0.3) is 0 Å². The van der Waals surface area contributed by atoms with E-state index in [0.29, 0.717) is 12.1 Å². The molecule has 1 saturated heterocycles. The standard InChI is InChI=1S/C13H16F3NO2/c1-19-12-10(13(14,15)16)5-4-9(11(12)18)8-3-2-6-17-7-8/h4-5,8,17-18H,2-3,6-7H2,1H3. The van der Waals surface area contributed by atoms with E-state index in [4.69, 9.17) is 4.74 Å². The third-order valence-electron chi connectivity index (χ3n) is 3.41. The number of hydrogen-bond acceptors (Lipinski definition) is 3. The Labute approximate surface area is 109 Å². The molecule has 0 radical (unpaired) electrons. The van der Waals surface area contributed by atoms with Crippen molar-refractivity contribution < 1.29 is 23.0 Å². The van der Waals surface area contributed by atoms with Gasteiger partial charge in [0.1, 0.15) is 5.56 Å². The Balaban J connectivity index is 2.42. The molecule has 1 aromatic rings. The molecule has 0 aliphatic carbocycles. The maximum Gasteiger partial charge on any atom is 0.420 e. The number of piperidine rings is 1. The highest BCUT2D eigenvalue weighted by molar-refractivity contribution is 5.53. The predicted octanol–water partition coefficient (Wildman–Crippen LogP) is 2.89. The molecule has 0 bridgehead atoms. The molecule has 2 rings (SSSR count). The molecule has 1 aliphatic rings. The number of rotatable bonds is 2. The lowest BCUT2D eigenvalue weighted by Crippen LogP contribution is -2.28. The van der Waals surface area contributed by atoms with Gasteiger partial charge in [-0.15, -0.1) is 0 Å². The molecule has 19 heavy (non-hydrogen) atoms. The van der Waals surface area contributed by atoms with Crippen molar-refractivity contribution >= 4 is 0 Å². The average molecular weight is 275 g/mol. The van der Waals surface area contributed by atoms with Gasteiger partial charge < -0.3 is 15.2 Å². The molecule has 0 aromatic heterocycles. The molecule has 1 fully saturated rings. The van der Waals surface area contributed by atoms with Gasteiger partial charge in [0.2, 0.25) is 0 Å². The van der Waals surface area contributed by atoms with E-state index in [1.54, 1.807) is 0 Å². The van der Waals surface area contributed by atoms with Crippen molar-refractivity contribution in [1.82, 2.24) is 5.32 Å². The number of nitrogens with one attached hydrogen (secondary N) is 1. The van der Waals surface area contributed by atoms with E-state index in [9.17, 15) is 18.3 Å². The number of hydrogen-bond donors (Lipinski definition) is 2. The molecule has 1 aromatic carbocycles. The van der Waals surface area contributed by atoms with Gasteiger partial charge >= 0.3 is 6.18 Å². The molecule has 2 N–H and O–H groups in total. The highest BCUT2D eigenvalue weighted by Gasteiger charge is 2.36. The van der Waals surface area contributed by atoms with Crippen LogP contribution in [0.4, 0.5) is 13.2 Å². The van der Waals surface area contributed by atoms with Crippen LogP contribution >= 0.6 is 0 Å². The maximum absolute atomic E-state index is 12.8. The summed E-state index contributed by atoms with van der Waals surface area (Å²) < 4.78 is 43.1. The van der Waals surface area contributed by atoms with Crippen molar-refractivity contribution in [1.29, 1.82) is 0 Å². The van der Waals surface area contributed by atoms with Crippen molar-refractivity contribution in [3.63, 3.8) is 0 Å². The molecule has 0 spiro atoms. The average Bonchev–Trinajstić information content (AvgIpc) is 2.38. The Kier molecular flexibility index (Phi) is 3.89. The van der Waals surface area contributed by atoms with E-state index in [1.807, 2.05) is 0 Å². The summed E-state index contributed by atoms with van der Waals surface area (Å²) in [7, 11) is 1.13. The van der Waals surface area contributed by atoms with Crippen molar-refractivity contribution in [2.75, 3.05) is 20.2 Å². The number of methoxy groups -OCH3 is 1. The molecular weight excluding hydrogens is 259 g/mol. The van der Waals surface area contributed by atoms with Crippen LogP contribution in [0.2, 0.25) is 0 Å². The smallest absolute Gasteiger partial charge is 0.420 e. The zero-order valence-corrected chi connectivity index (χ0v) is 10.5. The van der Waals surface area contributed by atoms with Gasteiger partial charge in [-0.25, -0.2) is 0 Å². The monoisotopic (exact) mass is 275 g/mol. The molecule has 106 valence electrons. The number of ether oxygens (including phenoxy) is 1. The lowest BCUT2D eigenvalue weighted by molar-refractivity contribution is -0.138. The number of benzene rings is 1. The van der Waals surface area contributed by atoms with E-state index in [0.717, 1.165) is 32.6 Å². The quantitative estimate of drug-likeness (QED) is 0.872. The van der Waals surface area contributed by atoms with E-state index in [1.165, 1.54) is 6.07 Å². The first kappa shape index (κ1) is 14.0. The van der Waals surface area contributed by atoms with Crippen LogP contribution in [0.3, 0.4) is 0 Å². The van der Waals surface area contributed by atoms with Gasteiger partial charge in [0.25, 0.3) is 0 Å². The van der Waals surface area contributed by atoms with Gasteiger partial charge in [0, 0.05) is 18.0 Å². The predicted molar refractivity (Wildman–Crippen MR) is 64.5 cm³/mol. The molecule has 1 atom stereocenters. The first-order valence-electron chi connectivity index (χ1n) is 6.13. The summed E-state index contributed by atoms with van der Waals surface area (Å²) in [6.45, 7) is 1.55. The minimum absolute atomic E-state index is 0.0185. The molecule has 1 aliphatic heterocycles. The van der Waals surface area contributed by atoms with Gasteiger partial charge in [-0.3, -0.25) is 0 Å². The number of phenols is 1. The maximum atomic E-state index is 12.8. The van der Waals surface area contributed by atoms with Crippen LogP contribution in [-0.4, -0.2) is 25.3 Å². The van der Waals surface area contributed by atoms with Gasteiger partial charge in [0.15, 0.2) is 11.5 Å². The van der Waals surface area contributed by atoms with Crippen molar-refractivity contribution in [3.05, 3.63) is 23.3 Å². The van der Waals surface area contributed by atoms with Crippen LogP contribution < -0.4 is 10.1 Å². The van der Waals surface area contributed by atoms with Gasteiger partial charge in [-0.05, 0) is 25.5 Å². The summed E-state index contributed by atoms with van der Waals surface area (Å²) in [5, 5.41) is 13.2. The fraction of sp³-hybridized carbons (Fsp3) is 0.538. The van der Waals surface area contributed by atoms with Gasteiger partial charge in [-0.1, -0.05) is 6.07 Å². The van der Waals surface area contributed by atoms with Gasteiger partial charge in [0.05, 0.1) is 7.11 Å². The summed E-state index contributed by atoms with van der Waals surface area (Å²) >= 11 is 0. The molecule has 1 heterocycles. The molecule has 0 amide bonds. The summed E-state index contributed by atoms with van der Waals surface area (Å²) in [6, 6.07) is 2.32. The molecule has 3 nitrogen and oxygen atoms in total. The molecular formula is C13H16F3NO2. The third-order valence-corrected chi connectivity index (χ3v) is 3.41. The zero-order valence-electron chi connectivity index (χ0n) is 10.5. The summed E-state index contributed by atoms with van der Waals surface area (Å²) in [4.78, 5) is 0. The zero-order chi connectivity index (χ0) is 14.0. The lowest BCUT2D eigenvalue weighted by Gasteiger charge is -2.25. The highest BCUT2D eigenvalue weighted by Crippen LogP contribution is 2.45. The van der Waals surface area contributed by atoms with E-state index in [-0.39, 0.29) is 5.92 Å². The Hall–Kier alpha value is -1.43.